The van der Waals surface area contributed by atoms with E-state index in [1.807, 2.05) is 17.0 Å². The Morgan fingerprint density at radius 2 is 1.77 bits per heavy atom. The van der Waals surface area contributed by atoms with Gasteiger partial charge in [0, 0.05) is 31.9 Å². The van der Waals surface area contributed by atoms with Crippen LogP contribution in [0.2, 0.25) is 0 Å². The molecule has 4 rings (SSSR count). The van der Waals surface area contributed by atoms with Crippen molar-refractivity contribution < 1.29 is 17.6 Å². The van der Waals surface area contributed by atoms with Crippen LogP contribution in [0.3, 0.4) is 0 Å². The summed E-state index contributed by atoms with van der Waals surface area (Å²) in [6, 6.07) is 10.8. The smallest absolute Gasteiger partial charge is 0.243 e. The molecule has 1 aliphatic carbocycles. The lowest BCUT2D eigenvalue weighted by Crippen LogP contribution is -2.53. The highest BCUT2D eigenvalue weighted by Crippen LogP contribution is 2.27. The number of piperazine rings is 1. The molecule has 8 heteroatoms. The van der Waals surface area contributed by atoms with E-state index in [1.54, 1.807) is 19.1 Å². The van der Waals surface area contributed by atoms with Gasteiger partial charge in [-0.15, -0.1) is 0 Å². The Labute approximate surface area is 176 Å². The molecule has 160 valence electrons. The summed E-state index contributed by atoms with van der Waals surface area (Å²) in [7, 11) is -3.54. The number of halogens is 1. The Balaban J connectivity index is 1.37. The summed E-state index contributed by atoms with van der Waals surface area (Å²) < 4.78 is 40.9. The molecule has 2 aliphatic rings. The van der Waals surface area contributed by atoms with Crippen molar-refractivity contribution in [3.8, 4) is 0 Å². The second-order valence-corrected chi connectivity index (χ2v) is 9.84. The van der Waals surface area contributed by atoms with Gasteiger partial charge in [0.1, 0.15) is 5.82 Å². The monoisotopic (exact) mass is 431 g/mol. The van der Waals surface area contributed by atoms with Crippen LogP contribution in [0.5, 0.6) is 0 Å². The molecule has 0 unspecified atom stereocenters. The normalized spacial score (nSPS) is 18.7. The number of hydrogen-bond acceptors (Lipinski definition) is 4. The molecule has 1 N–H and O–H groups in total. The average Bonchev–Trinajstić information content (AvgIpc) is 3.21. The number of carbonyl (C=O) groups is 1. The van der Waals surface area contributed by atoms with Gasteiger partial charge in [0.2, 0.25) is 15.9 Å². The number of anilines is 1. The number of carbonyl (C=O) groups excluding carboxylic acids is 1. The van der Waals surface area contributed by atoms with Crippen molar-refractivity contribution in [1.82, 2.24) is 9.21 Å². The van der Waals surface area contributed by atoms with Crippen LogP contribution >= 0.6 is 0 Å². The van der Waals surface area contributed by atoms with E-state index in [4.69, 9.17) is 0 Å². The van der Waals surface area contributed by atoms with Gasteiger partial charge in [-0.05, 0) is 67.6 Å². The summed E-state index contributed by atoms with van der Waals surface area (Å²) in [5.41, 5.74) is 2.79. The topological polar surface area (TPSA) is 69.7 Å². The first-order valence-corrected chi connectivity index (χ1v) is 11.7. The summed E-state index contributed by atoms with van der Waals surface area (Å²) in [5, 5.41) is 2.72. The minimum absolute atomic E-state index is 0.240. The molecule has 1 fully saturated rings. The number of nitrogens with one attached hydrogen (secondary N) is 1. The van der Waals surface area contributed by atoms with Gasteiger partial charge in [-0.3, -0.25) is 9.69 Å². The second-order valence-electron chi connectivity index (χ2n) is 7.90. The van der Waals surface area contributed by atoms with E-state index in [0.717, 1.165) is 24.8 Å². The molecular weight excluding hydrogens is 405 g/mol. The molecule has 2 aromatic carbocycles. The SMILES string of the molecule is C[C@H](C(=O)Nc1cccc(F)c1)N1CCN(S(=O)(=O)c2ccc3c(c2)CCC3)CC1. The van der Waals surface area contributed by atoms with E-state index in [1.165, 1.54) is 28.1 Å². The van der Waals surface area contributed by atoms with E-state index in [9.17, 15) is 17.6 Å². The fraction of sp³-hybridized carbons (Fsp3) is 0.409. The number of hydrogen-bond donors (Lipinski definition) is 1. The van der Waals surface area contributed by atoms with Crippen LogP contribution in [0.15, 0.2) is 47.4 Å². The third-order valence-electron chi connectivity index (χ3n) is 6.00. The van der Waals surface area contributed by atoms with Crippen molar-refractivity contribution in [2.45, 2.75) is 37.1 Å². The maximum absolute atomic E-state index is 13.3. The lowest BCUT2D eigenvalue weighted by atomic mass is 10.1. The summed E-state index contributed by atoms with van der Waals surface area (Å²) in [4.78, 5) is 14.8. The van der Waals surface area contributed by atoms with Crippen molar-refractivity contribution >= 4 is 21.6 Å². The van der Waals surface area contributed by atoms with Gasteiger partial charge in [0.05, 0.1) is 10.9 Å². The lowest BCUT2D eigenvalue weighted by Gasteiger charge is -2.36. The Morgan fingerprint density at radius 1 is 1.03 bits per heavy atom. The summed E-state index contributed by atoms with van der Waals surface area (Å²) in [5.74, 6) is -0.652. The molecule has 0 radical (unpaired) electrons. The molecule has 0 saturated carbocycles. The van der Waals surface area contributed by atoms with Crippen molar-refractivity contribution in [3.05, 3.63) is 59.4 Å². The van der Waals surface area contributed by atoms with Gasteiger partial charge >= 0.3 is 0 Å². The number of fused-ring (bicyclic) bond motifs is 1. The van der Waals surface area contributed by atoms with E-state index in [0.29, 0.717) is 36.8 Å². The molecule has 1 aliphatic heterocycles. The summed E-state index contributed by atoms with van der Waals surface area (Å²) >= 11 is 0. The van der Waals surface area contributed by atoms with Gasteiger partial charge in [0.25, 0.3) is 0 Å². The molecule has 1 atom stereocenters. The van der Waals surface area contributed by atoms with Crippen LogP contribution in [-0.2, 0) is 27.7 Å². The number of sulfonamides is 1. The molecule has 0 spiro atoms. The highest BCUT2D eigenvalue weighted by atomic mass is 32.2. The van der Waals surface area contributed by atoms with Crippen LogP contribution in [-0.4, -0.2) is 55.8 Å². The Kier molecular flexibility index (Phi) is 5.90. The minimum atomic E-state index is -3.54. The Bertz CT molecular complexity index is 1050. The number of rotatable bonds is 5. The zero-order chi connectivity index (χ0) is 21.3. The zero-order valence-corrected chi connectivity index (χ0v) is 17.8. The Morgan fingerprint density at radius 3 is 2.50 bits per heavy atom. The maximum Gasteiger partial charge on any atom is 0.243 e. The Hall–Kier alpha value is -2.29. The van der Waals surface area contributed by atoms with Gasteiger partial charge in [-0.25, -0.2) is 12.8 Å². The summed E-state index contributed by atoms with van der Waals surface area (Å²) in [6.07, 6.45) is 3.03. The molecule has 1 amide bonds. The number of aryl methyl sites for hydroxylation is 2. The molecule has 0 bridgehead atoms. The van der Waals surface area contributed by atoms with E-state index in [-0.39, 0.29) is 5.91 Å². The fourth-order valence-corrected chi connectivity index (χ4v) is 5.64. The predicted octanol–water partition coefficient (Wildman–Crippen LogP) is 2.65. The quantitative estimate of drug-likeness (QED) is 0.790. The van der Waals surface area contributed by atoms with Gasteiger partial charge in [-0.1, -0.05) is 12.1 Å². The van der Waals surface area contributed by atoms with Gasteiger partial charge in [0.15, 0.2) is 0 Å². The van der Waals surface area contributed by atoms with Gasteiger partial charge in [-0.2, -0.15) is 4.31 Å². The van der Waals surface area contributed by atoms with Crippen molar-refractivity contribution in [2.75, 3.05) is 31.5 Å². The molecule has 2 aromatic rings. The van der Waals surface area contributed by atoms with Gasteiger partial charge < -0.3 is 5.32 Å². The molecular formula is C22H26FN3O3S. The first-order chi connectivity index (χ1) is 14.3. The molecule has 1 saturated heterocycles. The van der Waals surface area contributed by atoms with Crippen LogP contribution < -0.4 is 5.32 Å². The molecule has 6 nitrogen and oxygen atoms in total. The van der Waals surface area contributed by atoms with Crippen molar-refractivity contribution in [2.24, 2.45) is 0 Å². The van der Waals surface area contributed by atoms with E-state index < -0.39 is 21.9 Å². The van der Waals surface area contributed by atoms with Crippen LogP contribution in [0, 0.1) is 5.82 Å². The predicted molar refractivity (Wildman–Crippen MR) is 113 cm³/mol. The van der Waals surface area contributed by atoms with Crippen molar-refractivity contribution in [3.63, 3.8) is 0 Å². The average molecular weight is 432 g/mol. The fourth-order valence-electron chi connectivity index (χ4n) is 4.17. The first kappa shape index (κ1) is 21.0. The largest absolute Gasteiger partial charge is 0.325 e. The van der Waals surface area contributed by atoms with E-state index >= 15 is 0 Å². The lowest BCUT2D eigenvalue weighted by molar-refractivity contribution is -0.121. The highest BCUT2D eigenvalue weighted by molar-refractivity contribution is 7.89. The number of nitrogens with zero attached hydrogens (tertiary/aromatic N) is 2. The van der Waals surface area contributed by atoms with Crippen molar-refractivity contribution in [1.29, 1.82) is 0 Å². The summed E-state index contributed by atoms with van der Waals surface area (Å²) in [6.45, 7) is 3.36. The highest BCUT2D eigenvalue weighted by Gasteiger charge is 2.32. The molecule has 30 heavy (non-hydrogen) atoms. The second kappa shape index (κ2) is 8.45. The zero-order valence-electron chi connectivity index (χ0n) is 17.0. The van der Waals surface area contributed by atoms with Crippen LogP contribution in [0.1, 0.15) is 24.5 Å². The van der Waals surface area contributed by atoms with Crippen LogP contribution in [0.25, 0.3) is 0 Å². The molecule has 1 heterocycles. The first-order valence-electron chi connectivity index (χ1n) is 10.3. The van der Waals surface area contributed by atoms with Crippen LogP contribution in [0.4, 0.5) is 10.1 Å². The van der Waals surface area contributed by atoms with E-state index in [2.05, 4.69) is 5.32 Å². The third kappa shape index (κ3) is 4.26. The molecule has 0 aromatic heterocycles. The maximum atomic E-state index is 13.3. The third-order valence-corrected chi connectivity index (χ3v) is 7.89. The number of benzene rings is 2. The minimum Gasteiger partial charge on any atom is -0.325 e. The number of amides is 1. The standard InChI is InChI=1S/C22H26FN3O3S/c1-16(22(27)24-20-7-3-6-19(23)15-20)25-10-12-26(13-11-25)30(28,29)21-9-8-17-4-2-5-18(17)14-21/h3,6-9,14-16H,2,4-5,10-13H2,1H3,(H,24,27)/t16-/m1/s1.